The summed E-state index contributed by atoms with van der Waals surface area (Å²) < 4.78 is 10.9. The number of hydrogen-bond acceptors (Lipinski definition) is 3. The Hall–Kier alpha value is -3.79. The van der Waals surface area contributed by atoms with Crippen LogP contribution in [0.25, 0.3) is 0 Å². The third-order valence-corrected chi connectivity index (χ3v) is 6.78. The van der Waals surface area contributed by atoms with Crippen LogP contribution in [0.5, 0.6) is 0 Å². The molecule has 0 aromatic carbocycles. The number of allylic oxidation sites excluding steroid dienone is 24. The van der Waals surface area contributed by atoms with E-state index in [2.05, 4.69) is 109 Å². The van der Waals surface area contributed by atoms with Crippen LogP contribution >= 0.6 is 0 Å². The predicted octanol–water partition coefficient (Wildman–Crippen LogP) is 11.4. The van der Waals surface area contributed by atoms with Gasteiger partial charge in [0.25, 0.3) is 0 Å². The second kappa shape index (κ2) is 23.6. The molecule has 0 aromatic heterocycles. The molecule has 0 N–H and O–H groups in total. The van der Waals surface area contributed by atoms with Gasteiger partial charge in [0.2, 0.25) is 0 Å². The van der Waals surface area contributed by atoms with Crippen LogP contribution in [0.3, 0.4) is 0 Å². The van der Waals surface area contributed by atoms with Crippen LogP contribution in [0.4, 0.5) is 0 Å². The lowest BCUT2D eigenvalue weighted by Gasteiger charge is -2.20. The maximum atomic E-state index is 11.5. The molecule has 0 saturated heterocycles. The van der Waals surface area contributed by atoms with E-state index in [4.69, 9.17) is 9.47 Å². The number of carbonyl (C=O) groups excluding carboxylic acids is 1. The maximum Gasteiger partial charge on any atom is 0.150 e. The number of aldehydes is 1. The molecular formula is C42H58O3. The number of methoxy groups -OCH3 is 2. The van der Waals surface area contributed by atoms with Crippen molar-refractivity contribution in [3.63, 3.8) is 0 Å². The molecule has 0 fully saturated rings. The van der Waals surface area contributed by atoms with Crippen LogP contribution in [0, 0.1) is 0 Å². The number of ether oxygens (including phenoxy) is 2. The zero-order valence-electron chi connectivity index (χ0n) is 29.8. The first-order valence-electron chi connectivity index (χ1n) is 15.6. The van der Waals surface area contributed by atoms with Crippen molar-refractivity contribution in [1.82, 2.24) is 0 Å². The predicted molar refractivity (Wildman–Crippen MR) is 198 cm³/mol. The van der Waals surface area contributed by atoms with Crippen molar-refractivity contribution in [3.8, 4) is 0 Å². The molecule has 45 heavy (non-hydrogen) atoms. The minimum Gasteiger partial charge on any atom is -0.378 e. The highest BCUT2D eigenvalue weighted by atomic mass is 16.5. The van der Waals surface area contributed by atoms with Gasteiger partial charge in [0, 0.05) is 19.8 Å². The SMILES string of the molecule is COC(C)(C)CC=CC(C)=CC=CC(C)=CC=CC(C)=CC=CC=C(C=O)C=CC=C(C)C=CC=C(C)C=CCC(C)(C)OC. The monoisotopic (exact) mass is 610 g/mol. The Kier molecular flexibility index (Phi) is 21.6. The van der Waals surface area contributed by atoms with Gasteiger partial charge in [0.15, 0.2) is 0 Å². The molecule has 0 rings (SSSR count). The average molecular weight is 611 g/mol. The van der Waals surface area contributed by atoms with Gasteiger partial charge in [0.05, 0.1) is 11.2 Å². The number of rotatable bonds is 19. The van der Waals surface area contributed by atoms with Gasteiger partial charge < -0.3 is 9.47 Å². The van der Waals surface area contributed by atoms with Crippen molar-refractivity contribution in [2.45, 2.75) is 86.4 Å². The fourth-order valence-electron chi connectivity index (χ4n) is 3.38. The van der Waals surface area contributed by atoms with Crippen LogP contribution in [-0.4, -0.2) is 31.7 Å². The third kappa shape index (κ3) is 24.2. The van der Waals surface area contributed by atoms with Gasteiger partial charge in [-0.05, 0) is 75.2 Å². The first kappa shape index (κ1) is 41.2. The van der Waals surface area contributed by atoms with Gasteiger partial charge >= 0.3 is 0 Å². The molecule has 0 atom stereocenters. The lowest BCUT2D eigenvalue weighted by Crippen LogP contribution is -2.20. The molecule has 3 nitrogen and oxygen atoms in total. The number of carbonyl (C=O) groups is 1. The molecule has 0 aliphatic carbocycles. The summed E-state index contributed by atoms with van der Waals surface area (Å²) in [7, 11) is 3.48. The Balaban J connectivity index is 4.94. The standard InChI is InChI=1S/C42H58O3/c1-35(21-14-22-36(2)23-15-25-38(4)28-18-32-41(6,7)44-10)20-12-13-30-40(34-43)31-17-27-37(3)24-16-26-39(5)29-19-33-42(8,9)45-11/h12-31,34H,32-33H2,1-11H3. The molecule has 0 spiro atoms. The fraction of sp³-hybridized carbons (Fsp3) is 0.357. The molecule has 0 aliphatic rings. The summed E-state index contributed by atoms with van der Waals surface area (Å²) in [6.45, 7) is 18.6. The number of hydrogen-bond donors (Lipinski definition) is 0. The van der Waals surface area contributed by atoms with Crippen LogP contribution in [0.1, 0.15) is 75.2 Å². The minimum absolute atomic E-state index is 0.138. The van der Waals surface area contributed by atoms with Crippen molar-refractivity contribution in [2.75, 3.05) is 14.2 Å². The topological polar surface area (TPSA) is 35.5 Å². The molecule has 244 valence electrons. The van der Waals surface area contributed by atoms with Gasteiger partial charge in [-0.2, -0.15) is 0 Å². The average Bonchev–Trinajstić information content (AvgIpc) is 2.98. The molecule has 0 heterocycles. The summed E-state index contributed by atoms with van der Waals surface area (Å²) in [4.78, 5) is 11.5. The molecule has 0 radical (unpaired) electrons. The Morgan fingerprint density at radius 1 is 0.467 bits per heavy atom. The quantitative estimate of drug-likeness (QED) is 0.0829. The van der Waals surface area contributed by atoms with E-state index in [0.29, 0.717) is 5.57 Å². The molecule has 0 amide bonds. The van der Waals surface area contributed by atoms with E-state index in [0.717, 1.165) is 35.8 Å². The van der Waals surface area contributed by atoms with E-state index < -0.39 is 0 Å². The van der Waals surface area contributed by atoms with Crippen LogP contribution < -0.4 is 0 Å². The van der Waals surface area contributed by atoms with Gasteiger partial charge in [-0.3, -0.25) is 4.79 Å². The van der Waals surface area contributed by atoms with E-state index in [1.165, 1.54) is 11.1 Å². The van der Waals surface area contributed by atoms with Gasteiger partial charge in [-0.1, -0.05) is 149 Å². The fourth-order valence-corrected chi connectivity index (χ4v) is 3.38. The molecule has 0 bridgehead atoms. The van der Waals surface area contributed by atoms with Crippen LogP contribution in [0.15, 0.2) is 155 Å². The molecule has 0 saturated carbocycles. The molecule has 0 aromatic rings. The summed E-state index contributed by atoms with van der Waals surface area (Å²) >= 11 is 0. The second-order valence-corrected chi connectivity index (χ2v) is 12.3. The molecule has 3 heteroatoms. The van der Waals surface area contributed by atoms with E-state index >= 15 is 0 Å². The summed E-state index contributed by atoms with van der Waals surface area (Å²) in [6, 6.07) is 0. The highest BCUT2D eigenvalue weighted by Gasteiger charge is 2.13. The van der Waals surface area contributed by atoms with E-state index in [-0.39, 0.29) is 11.2 Å². The Bertz CT molecular complexity index is 1300. The van der Waals surface area contributed by atoms with Crippen molar-refractivity contribution in [3.05, 3.63) is 155 Å². The first-order valence-corrected chi connectivity index (χ1v) is 15.6. The zero-order chi connectivity index (χ0) is 34.1. The van der Waals surface area contributed by atoms with E-state index in [1.807, 2.05) is 68.5 Å². The van der Waals surface area contributed by atoms with Crippen LogP contribution in [-0.2, 0) is 14.3 Å². The van der Waals surface area contributed by atoms with Gasteiger partial charge in [-0.25, -0.2) is 0 Å². The lowest BCUT2D eigenvalue weighted by molar-refractivity contribution is -0.104. The first-order chi connectivity index (χ1) is 21.2. The summed E-state index contributed by atoms with van der Waals surface area (Å²) in [5.41, 5.74) is 6.04. The van der Waals surface area contributed by atoms with Crippen LogP contribution in [0.2, 0.25) is 0 Å². The zero-order valence-corrected chi connectivity index (χ0v) is 29.8. The van der Waals surface area contributed by atoms with Crippen molar-refractivity contribution >= 4 is 6.29 Å². The van der Waals surface area contributed by atoms with Gasteiger partial charge in [0.1, 0.15) is 6.29 Å². The Labute approximate surface area is 275 Å². The van der Waals surface area contributed by atoms with E-state index in [9.17, 15) is 4.79 Å². The molecule has 0 unspecified atom stereocenters. The normalized spacial score (nSPS) is 16.1. The van der Waals surface area contributed by atoms with Crippen molar-refractivity contribution in [2.24, 2.45) is 0 Å². The largest absolute Gasteiger partial charge is 0.378 e. The summed E-state index contributed by atoms with van der Waals surface area (Å²) in [5, 5.41) is 0. The second-order valence-electron chi connectivity index (χ2n) is 12.3. The Morgan fingerprint density at radius 3 is 1.13 bits per heavy atom. The van der Waals surface area contributed by atoms with Gasteiger partial charge in [-0.15, -0.1) is 0 Å². The third-order valence-electron chi connectivity index (χ3n) is 6.78. The Morgan fingerprint density at radius 2 is 0.778 bits per heavy atom. The highest BCUT2D eigenvalue weighted by molar-refractivity contribution is 5.78. The van der Waals surface area contributed by atoms with Crippen molar-refractivity contribution < 1.29 is 14.3 Å². The maximum absolute atomic E-state index is 11.5. The summed E-state index contributed by atoms with van der Waals surface area (Å²) in [5.74, 6) is 0. The lowest BCUT2D eigenvalue weighted by atomic mass is 10.0. The van der Waals surface area contributed by atoms with E-state index in [1.54, 1.807) is 20.3 Å². The summed E-state index contributed by atoms with van der Waals surface area (Å²) in [6.07, 6.45) is 43.0. The highest BCUT2D eigenvalue weighted by Crippen LogP contribution is 2.15. The minimum atomic E-state index is -0.149. The molecular weight excluding hydrogens is 552 g/mol. The smallest absolute Gasteiger partial charge is 0.150 e. The molecule has 0 aliphatic heterocycles. The van der Waals surface area contributed by atoms with Crippen molar-refractivity contribution in [1.29, 1.82) is 0 Å².